The summed E-state index contributed by atoms with van der Waals surface area (Å²) in [5.41, 5.74) is 8.19. The number of furan rings is 1. The maximum absolute atomic E-state index is 10.0. The SMILES string of the molecule is CC(=O)/C=C(/C)O.Cc1[c-]c(-c2nc3ccccc3c3c2oc2c(C(C)C)cccc23)cc(C)c1.[Ir]. The number of nitrogens with zero attached hydrogens (tertiary/aromatic N) is 1. The molecule has 0 aliphatic heterocycles. The normalized spacial score (nSPS) is 11.5. The first-order valence-electron chi connectivity index (χ1n) is 11.8. The summed E-state index contributed by atoms with van der Waals surface area (Å²) in [6, 6.07) is 22.5. The van der Waals surface area contributed by atoms with Crippen LogP contribution >= 0.6 is 0 Å². The summed E-state index contributed by atoms with van der Waals surface area (Å²) in [4.78, 5) is 15.0. The quantitative estimate of drug-likeness (QED) is 0.120. The molecule has 0 atom stereocenters. The third-order valence-corrected chi connectivity index (χ3v) is 5.80. The topological polar surface area (TPSA) is 63.3 Å². The van der Waals surface area contributed by atoms with E-state index >= 15 is 0 Å². The van der Waals surface area contributed by atoms with Crippen LogP contribution in [0.25, 0.3) is 44.1 Å². The fourth-order valence-electron chi connectivity index (χ4n) is 4.48. The van der Waals surface area contributed by atoms with E-state index in [0.29, 0.717) is 5.92 Å². The molecule has 0 fully saturated rings. The van der Waals surface area contributed by atoms with Crippen LogP contribution in [0.4, 0.5) is 0 Å². The second-order valence-electron chi connectivity index (χ2n) is 9.31. The van der Waals surface area contributed by atoms with E-state index in [1.807, 2.05) is 6.07 Å². The van der Waals surface area contributed by atoms with Crippen LogP contribution in [0.2, 0.25) is 0 Å². The Balaban J connectivity index is 0.000000400. The summed E-state index contributed by atoms with van der Waals surface area (Å²) in [5, 5.41) is 11.8. The Morgan fingerprint density at radius 2 is 1.69 bits per heavy atom. The Morgan fingerprint density at radius 1 is 1.00 bits per heavy atom. The Bertz CT molecular complexity index is 1570. The van der Waals surface area contributed by atoms with Crippen molar-refractivity contribution in [3.63, 3.8) is 0 Å². The second-order valence-corrected chi connectivity index (χ2v) is 9.31. The van der Waals surface area contributed by atoms with Crippen molar-refractivity contribution in [2.24, 2.45) is 0 Å². The van der Waals surface area contributed by atoms with E-state index in [1.54, 1.807) is 0 Å². The number of para-hydroxylation sites is 2. The largest absolute Gasteiger partial charge is 0.512 e. The smallest absolute Gasteiger partial charge is 0.155 e. The molecule has 36 heavy (non-hydrogen) atoms. The molecule has 0 saturated heterocycles. The average Bonchev–Trinajstić information content (AvgIpc) is 3.17. The number of aryl methyl sites for hydroxylation is 2. The van der Waals surface area contributed by atoms with Crippen LogP contribution in [0, 0.1) is 19.9 Å². The summed E-state index contributed by atoms with van der Waals surface area (Å²) in [7, 11) is 0. The van der Waals surface area contributed by atoms with Gasteiger partial charge >= 0.3 is 0 Å². The predicted molar refractivity (Wildman–Crippen MR) is 144 cm³/mol. The number of hydrogen-bond donors (Lipinski definition) is 1. The van der Waals surface area contributed by atoms with Crippen molar-refractivity contribution in [1.29, 1.82) is 0 Å². The molecular weight excluding hydrogens is 627 g/mol. The molecule has 0 saturated carbocycles. The van der Waals surface area contributed by atoms with Gasteiger partial charge in [0.15, 0.2) is 5.78 Å². The molecule has 0 unspecified atom stereocenters. The number of ketones is 1. The number of benzene rings is 3. The molecule has 5 aromatic rings. The average molecular weight is 657 g/mol. The number of aromatic nitrogens is 1. The van der Waals surface area contributed by atoms with Gasteiger partial charge in [0.1, 0.15) is 11.2 Å². The molecule has 4 nitrogen and oxygen atoms in total. The van der Waals surface area contributed by atoms with Gasteiger partial charge in [-0.3, -0.25) is 9.78 Å². The molecule has 5 rings (SSSR count). The standard InChI is InChI=1S/C26H22NO.C5H8O2.Ir/c1-15(2)19-9-7-10-21-23-20-8-5-6-11-22(20)27-24(26(23)28-25(19)21)18-13-16(3)12-17(4)14-18;1-4(6)3-5(2)7;/h5-13,15H,1-4H3;3,6H,1-2H3;/q-1;;/b;4-3-;. The van der Waals surface area contributed by atoms with Crippen molar-refractivity contribution >= 4 is 38.6 Å². The van der Waals surface area contributed by atoms with Gasteiger partial charge < -0.3 is 9.52 Å². The molecule has 2 aromatic heterocycles. The number of allylic oxidation sites excluding steroid dienone is 2. The van der Waals surface area contributed by atoms with Crippen LogP contribution in [0.5, 0.6) is 0 Å². The van der Waals surface area contributed by atoms with E-state index in [2.05, 4.69) is 82.3 Å². The number of fused-ring (bicyclic) bond motifs is 5. The minimum absolute atomic E-state index is 0. The fourth-order valence-corrected chi connectivity index (χ4v) is 4.48. The van der Waals surface area contributed by atoms with Crippen LogP contribution in [0.15, 0.2) is 70.8 Å². The van der Waals surface area contributed by atoms with E-state index in [-0.39, 0.29) is 31.6 Å². The summed E-state index contributed by atoms with van der Waals surface area (Å²) < 4.78 is 6.54. The van der Waals surface area contributed by atoms with Crippen LogP contribution in [-0.2, 0) is 24.9 Å². The first kappa shape index (κ1) is 27.3. The zero-order valence-corrected chi connectivity index (χ0v) is 23.8. The van der Waals surface area contributed by atoms with Gasteiger partial charge in [-0.1, -0.05) is 64.1 Å². The summed E-state index contributed by atoms with van der Waals surface area (Å²) >= 11 is 0. The molecule has 2 heterocycles. The molecular formula is C31H30IrNO3-. The molecule has 0 aliphatic rings. The third-order valence-electron chi connectivity index (χ3n) is 5.80. The Morgan fingerprint density at radius 3 is 2.31 bits per heavy atom. The zero-order valence-electron chi connectivity index (χ0n) is 21.4. The van der Waals surface area contributed by atoms with Crippen LogP contribution in [-0.4, -0.2) is 15.9 Å². The number of rotatable bonds is 3. The third kappa shape index (κ3) is 5.59. The van der Waals surface area contributed by atoms with Gasteiger partial charge in [0.25, 0.3) is 0 Å². The van der Waals surface area contributed by atoms with Gasteiger partial charge in [0.05, 0.1) is 11.3 Å². The van der Waals surface area contributed by atoms with E-state index in [0.717, 1.165) is 49.7 Å². The molecule has 1 N–H and O–H groups in total. The zero-order chi connectivity index (χ0) is 25.3. The van der Waals surface area contributed by atoms with Crippen molar-refractivity contribution in [2.75, 3.05) is 0 Å². The molecule has 187 valence electrons. The maximum atomic E-state index is 10.0. The van der Waals surface area contributed by atoms with Gasteiger partial charge in [0.2, 0.25) is 0 Å². The van der Waals surface area contributed by atoms with E-state index in [9.17, 15) is 4.79 Å². The van der Waals surface area contributed by atoms with Crippen LogP contribution in [0.3, 0.4) is 0 Å². The monoisotopic (exact) mass is 657 g/mol. The predicted octanol–water partition coefficient (Wildman–Crippen LogP) is 8.38. The molecule has 1 radical (unpaired) electrons. The number of aliphatic hydroxyl groups excluding tert-OH is 1. The molecule has 0 bridgehead atoms. The summed E-state index contributed by atoms with van der Waals surface area (Å²) in [6.07, 6.45) is 1.17. The number of carbonyl (C=O) groups excluding carboxylic acids is 1. The van der Waals surface area contributed by atoms with Crippen molar-refractivity contribution in [3.8, 4) is 11.3 Å². The number of carbonyl (C=O) groups is 1. The molecule has 3 aromatic carbocycles. The second kappa shape index (κ2) is 11.2. The van der Waals surface area contributed by atoms with Crippen molar-refractivity contribution in [2.45, 2.75) is 47.5 Å². The van der Waals surface area contributed by atoms with Gasteiger partial charge in [-0.2, -0.15) is 0 Å². The van der Waals surface area contributed by atoms with Crippen molar-refractivity contribution in [3.05, 3.63) is 89.2 Å². The van der Waals surface area contributed by atoms with Gasteiger partial charge in [-0.05, 0) is 31.4 Å². The van der Waals surface area contributed by atoms with Crippen molar-refractivity contribution in [1.82, 2.24) is 4.98 Å². The first-order chi connectivity index (χ1) is 16.7. The molecule has 0 spiro atoms. The number of aliphatic hydroxyl groups is 1. The summed E-state index contributed by atoms with van der Waals surface area (Å²) in [5.74, 6) is 0.326. The first-order valence-corrected chi connectivity index (χ1v) is 11.8. The van der Waals surface area contributed by atoms with E-state index in [1.165, 1.54) is 31.1 Å². The number of pyridine rings is 1. The van der Waals surface area contributed by atoms with Gasteiger partial charge in [0, 0.05) is 48.0 Å². The maximum Gasteiger partial charge on any atom is 0.155 e. The van der Waals surface area contributed by atoms with Gasteiger partial charge in [-0.25, -0.2) is 0 Å². The van der Waals surface area contributed by atoms with E-state index in [4.69, 9.17) is 14.5 Å². The molecule has 5 heteroatoms. The molecule has 0 aliphatic carbocycles. The van der Waals surface area contributed by atoms with Crippen LogP contribution in [0.1, 0.15) is 50.3 Å². The minimum atomic E-state index is -0.125. The summed E-state index contributed by atoms with van der Waals surface area (Å²) in [6.45, 7) is 11.4. The minimum Gasteiger partial charge on any atom is -0.512 e. The Hall–Kier alpha value is -3.27. The molecule has 0 amide bonds. The van der Waals surface area contributed by atoms with Crippen molar-refractivity contribution < 1.29 is 34.4 Å². The fraction of sp³-hybridized carbons (Fsp3) is 0.226. The van der Waals surface area contributed by atoms with Crippen LogP contribution < -0.4 is 0 Å². The van der Waals surface area contributed by atoms with E-state index < -0.39 is 0 Å². The Labute approximate surface area is 225 Å². The number of hydrogen-bond acceptors (Lipinski definition) is 4. The Kier molecular flexibility index (Phi) is 8.50. The van der Waals surface area contributed by atoms with Gasteiger partial charge in [-0.15, -0.1) is 34.9 Å².